The van der Waals surface area contributed by atoms with Gasteiger partial charge in [0.1, 0.15) is 0 Å². The molecule has 1 aliphatic rings. The average Bonchev–Trinajstić information content (AvgIpc) is 2.44. The molecule has 5 heteroatoms. The lowest BCUT2D eigenvalue weighted by molar-refractivity contribution is -0.914. The summed E-state index contributed by atoms with van der Waals surface area (Å²) in [4.78, 5) is 0. The van der Waals surface area contributed by atoms with E-state index in [1.165, 1.54) is 68.2 Å². The summed E-state index contributed by atoms with van der Waals surface area (Å²) in [5, 5.41) is 0. The lowest BCUT2D eigenvalue weighted by Gasteiger charge is -2.37. The van der Waals surface area contributed by atoms with Gasteiger partial charge in [-0.3, -0.25) is 0 Å². The van der Waals surface area contributed by atoms with Gasteiger partial charge in [0, 0.05) is 6.26 Å². The minimum Gasteiger partial charge on any atom is -0.748 e. The Morgan fingerprint density at radius 3 is 2.14 bits per heavy atom. The molecule has 0 spiro atoms. The second-order valence-electron chi connectivity index (χ2n) is 6.50. The van der Waals surface area contributed by atoms with Crippen molar-refractivity contribution in [1.29, 1.82) is 0 Å². The van der Waals surface area contributed by atoms with Crippen LogP contribution in [-0.4, -0.2) is 50.4 Å². The molecule has 0 saturated carbocycles. The van der Waals surface area contributed by atoms with Crippen molar-refractivity contribution in [2.45, 2.75) is 38.5 Å². The lowest BCUT2D eigenvalue weighted by atomic mass is 10.1. The largest absolute Gasteiger partial charge is 0.748 e. The quantitative estimate of drug-likeness (QED) is 0.475. The third-order valence-corrected chi connectivity index (χ3v) is 4.15. The molecule has 0 radical (unpaired) electrons. The highest BCUT2D eigenvalue weighted by atomic mass is 32.2. The molecule has 1 aromatic rings. The van der Waals surface area contributed by atoms with Crippen molar-refractivity contribution < 1.29 is 17.5 Å². The number of unbranched alkanes of at least 4 members (excludes halogenated alkanes) is 1. The van der Waals surface area contributed by atoms with E-state index >= 15 is 0 Å². The van der Waals surface area contributed by atoms with Gasteiger partial charge in [-0.1, -0.05) is 30.3 Å². The maximum atomic E-state index is 9.08. The van der Waals surface area contributed by atoms with Crippen molar-refractivity contribution in [1.82, 2.24) is 0 Å². The fraction of sp³-hybridized carbons (Fsp3) is 0.647. The number of quaternary nitrogens is 1. The van der Waals surface area contributed by atoms with Gasteiger partial charge in [0.2, 0.25) is 0 Å². The van der Waals surface area contributed by atoms with Crippen LogP contribution in [0.1, 0.15) is 37.7 Å². The molecule has 1 fully saturated rings. The SMILES string of the molecule is CS(=O)(=O)[O-].C[N+]1(CCCCc2ccccc2)CCCCC1. The summed E-state index contributed by atoms with van der Waals surface area (Å²) in [5.74, 6) is 0. The van der Waals surface area contributed by atoms with Crippen LogP contribution in [0.15, 0.2) is 30.3 Å². The topological polar surface area (TPSA) is 57.2 Å². The number of rotatable bonds is 5. The number of hydrogen-bond acceptors (Lipinski definition) is 3. The summed E-state index contributed by atoms with van der Waals surface area (Å²) in [6.45, 7) is 4.20. The van der Waals surface area contributed by atoms with Crippen molar-refractivity contribution in [2.75, 3.05) is 32.9 Å². The molecule has 0 aromatic heterocycles. The Labute approximate surface area is 135 Å². The molecule has 0 unspecified atom stereocenters. The van der Waals surface area contributed by atoms with Crippen LogP contribution in [0.5, 0.6) is 0 Å². The third kappa shape index (κ3) is 9.92. The molecule has 0 atom stereocenters. The van der Waals surface area contributed by atoms with Crippen molar-refractivity contribution >= 4 is 10.1 Å². The highest BCUT2D eigenvalue weighted by Crippen LogP contribution is 2.17. The zero-order valence-corrected chi connectivity index (χ0v) is 14.6. The fourth-order valence-electron chi connectivity index (χ4n) is 2.97. The molecule has 1 saturated heterocycles. The second-order valence-corrected chi connectivity index (χ2v) is 7.91. The Morgan fingerprint density at radius 2 is 1.59 bits per heavy atom. The Morgan fingerprint density at radius 1 is 1.05 bits per heavy atom. The predicted octanol–water partition coefficient (Wildman–Crippen LogP) is 2.80. The van der Waals surface area contributed by atoms with Gasteiger partial charge in [-0.15, -0.1) is 0 Å². The first-order valence-corrected chi connectivity index (χ1v) is 9.88. The lowest BCUT2D eigenvalue weighted by Crippen LogP contribution is -2.48. The molecule has 1 heterocycles. The van der Waals surface area contributed by atoms with E-state index in [0.29, 0.717) is 6.26 Å². The van der Waals surface area contributed by atoms with Gasteiger partial charge in [-0.05, 0) is 44.1 Å². The van der Waals surface area contributed by atoms with E-state index in [0.717, 1.165) is 0 Å². The van der Waals surface area contributed by atoms with E-state index in [1.807, 2.05) is 0 Å². The van der Waals surface area contributed by atoms with Gasteiger partial charge in [0.15, 0.2) is 0 Å². The Bertz CT molecular complexity index is 500. The Hall–Kier alpha value is -0.910. The van der Waals surface area contributed by atoms with Crippen molar-refractivity contribution in [2.24, 2.45) is 0 Å². The van der Waals surface area contributed by atoms with Crippen LogP contribution >= 0.6 is 0 Å². The van der Waals surface area contributed by atoms with Crippen LogP contribution in [0.3, 0.4) is 0 Å². The summed E-state index contributed by atoms with van der Waals surface area (Å²) >= 11 is 0. The first-order valence-electron chi connectivity index (χ1n) is 8.07. The molecule has 1 aromatic carbocycles. The normalized spacial score (nSPS) is 17.4. The fourth-order valence-corrected chi connectivity index (χ4v) is 2.97. The minimum absolute atomic E-state index is 0.604. The van der Waals surface area contributed by atoms with Gasteiger partial charge in [0.25, 0.3) is 0 Å². The number of nitrogens with zero attached hydrogens (tertiary/aromatic N) is 1. The molecule has 0 amide bonds. The van der Waals surface area contributed by atoms with Crippen molar-refractivity contribution in [3.05, 3.63) is 35.9 Å². The molecular weight excluding hydrogens is 298 g/mol. The molecular formula is C17H29NO3S. The molecule has 1 aliphatic heterocycles. The summed E-state index contributed by atoms with van der Waals surface area (Å²) in [6.07, 6.45) is 8.92. The van der Waals surface area contributed by atoms with Crippen molar-refractivity contribution in [3.8, 4) is 0 Å². The first-order chi connectivity index (χ1) is 10.3. The van der Waals surface area contributed by atoms with Crippen LogP contribution in [-0.2, 0) is 16.5 Å². The summed E-state index contributed by atoms with van der Waals surface area (Å²) in [6, 6.07) is 10.9. The van der Waals surface area contributed by atoms with Crippen LogP contribution in [0.25, 0.3) is 0 Å². The molecule has 22 heavy (non-hydrogen) atoms. The van der Waals surface area contributed by atoms with E-state index in [-0.39, 0.29) is 0 Å². The van der Waals surface area contributed by atoms with Gasteiger partial charge < -0.3 is 9.04 Å². The maximum Gasteiger partial charge on any atom is 0.0916 e. The van der Waals surface area contributed by atoms with E-state index in [4.69, 9.17) is 13.0 Å². The maximum absolute atomic E-state index is 9.08. The highest BCUT2D eigenvalue weighted by molar-refractivity contribution is 7.84. The van der Waals surface area contributed by atoms with Crippen molar-refractivity contribution in [3.63, 3.8) is 0 Å². The average molecular weight is 327 g/mol. The standard InChI is InChI=1S/C16H26N.CH4O3S/c1-17(13-7-3-8-14-17)15-9-6-12-16-10-4-2-5-11-16;1-5(2,3)4/h2,4-5,10-11H,3,6-9,12-15H2,1H3;1H3,(H,2,3,4)/q+1;/p-1. The van der Waals surface area contributed by atoms with Crippen LogP contribution in [0, 0.1) is 0 Å². The smallest absolute Gasteiger partial charge is 0.0916 e. The highest BCUT2D eigenvalue weighted by Gasteiger charge is 2.23. The van der Waals surface area contributed by atoms with E-state index < -0.39 is 10.1 Å². The monoisotopic (exact) mass is 327 g/mol. The number of aryl methyl sites for hydroxylation is 1. The zero-order chi connectivity index (χ0) is 16.5. The van der Waals surface area contributed by atoms with Gasteiger partial charge >= 0.3 is 0 Å². The molecule has 0 N–H and O–H groups in total. The number of likely N-dealkylation sites (tertiary alicyclic amines) is 1. The predicted molar refractivity (Wildman–Crippen MR) is 89.6 cm³/mol. The van der Waals surface area contributed by atoms with E-state index in [2.05, 4.69) is 37.4 Å². The van der Waals surface area contributed by atoms with E-state index in [1.54, 1.807) is 0 Å². The number of hydrogen-bond donors (Lipinski definition) is 0. The zero-order valence-electron chi connectivity index (χ0n) is 13.8. The van der Waals surface area contributed by atoms with Crippen LogP contribution in [0.2, 0.25) is 0 Å². The molecule has 4 nitrogen and oxygen atoms in total. The van der Waals surface area contributed by atoms with Gasteiger partial charge in [0.05, 0.1) is 36.8 Å². The number of benzene rings is 1. The van der Waals surface area contributed by atoms with Crippen LogP contribution < -0.4 is 0 Å². The first kappa shape index (κ1) is 19.1. The number of piperidine rings is 1. The Balaban J connectivity index is 0.000000422. The molecule has 126 valence electrons. The molecule has 0 bridgehead atoms. The molecule has 0 aliphatic carbocycles. The van der Waals surface area contributed by atoms with Gasteiger partial charge in [-0.25, -0.2) is 8.42 Å². The van der Waals surface area contributed by atoms with Crippen LogP contribution in [0.4, 0.5) is 0 Å². The van der Waals surface area contributed by atoms with Gasteiger partial charge in [-0.2, -0.15) is 0 Å². The molecule has 2 rings (SSSR count). The third-order valence-electron chi connectivity index (χ3n) is 4.15. The summed E-state index contributed by atoms with van der Waals surface area (Å²) < 4.78 is 28.6. The summed E-state index contributed by atoms with van der Waals surface area (Å²) in [7, 11) is -1.47. The minimum atomic E-state index is -3.92. The second kappa shape index (κ2) is 9.28. The Kier molecular flexibility index (Phi) is 8.07. The summed E-state index contributed by atoms with van der Waals surface area (Å²) in [5.41, 5.74) is 1.49. The van der Waals surface area contributed by atoms with E-state index in [9.17, 15) is 0 Å².